The first kappa shape index (κ1) is 13.9. The molecule has 2 aromatic rings. The van der Waals surface area contributed by atoms with Crippen molar-refractivity contribution >= 4 is 15.9 Å². The first-order valence-corrected chi connectivity index (χ1v) is 6.16. The molecule has 100 valence electrons. The third kappa shape index (κ3) is 2.74. The van der Waals surface area contributed by atoms with Gasteiger partial charge in [-0.25, -0.2) is 13.8 Å². The predicted octanol–water partition coefficient (Wildman–Crippen LogP) is 3.21. The quantitative estimate of drug-likeness (QED) is 0.879. The highest BCUT2D eigenvalue weighted by Gasteiger charge is 2.22. The molecule has 0 aliphatic carbocycles. The zero-order valence-corrected chi connectivity index (χ0v) is 11.5. The van der Waals surface area contributed by atoms with Crippen molar-refractivity contribution in [1.29, 1.82) is 0 Å². The van der Waals surface area contributed by atoms with Gasteiger partial charge in [0.05, 0.1) is 22.8 Å². The third-order valence-electron chi connectivity index (χ3n) is 2.59. The van der Waals surface area contributed by atoms with Gasteiger partial charge < -0.3 is 9.84 Å². The molecule has 0 fully saturated rings. The summed E-state index contributed by atoms with van der Waals surface area (Å²) < 4.78 is 32.5. The Morgan fingerprint density at radius 1 is 1.26 bits per heavy atom. The van der Waals surface area contributed by atoms with Crippen LogP contribution in [0.1, 0.15) is 17.4 Å². The Hall–Kier alpha value is -1.53. The largest absolute Gasteiger partial charge is 0.481 e. The average molecular weight is 330 g/mol. The van der Waals surface area contributed by atoms with E-state index in [1.807, 2.05) is 0 Å². The molecule has 1 aromatic carbocycles. The molecule has 6 heteroatoms. The number of nitrogens with zero attached hydrogens (tertiary/aromatic N) is 1. The van der Waals surface area contributed by atoms with Gasteiger partial charge in [-0.1, -0.05) is 6.07 Å². The molecule has 1 heterocycles. The van der Waals surface area contributed by atoms with Crippen molar-refractivity contribution < 1.29 is 18.6 Å². The molecule has 2 rings (SSSR count). The first-order valence-electron chi connectivity index (χ1n) is 5.37. The molecule has 0 spiro atoms. The third-order valence-corrected chi connectivity index (χ3v) is 3.20. The Kier molecular flexibility index (Phi) is 4.11. The Labute approximate surface area is 117 Å². The number of rotatable bonds is 3. The molecular formula is C13H10BrF2NO2. The molecule has 1 atom stereocenters. The molecule has 19 heavy (non-hydrogen) atoms. The van der Waals surface area contributed by atoms with Gasteiger partial charge >= 0.3 is 0 Å². The zero-order chi connectivity index (χ0) is 14.0. The first-order chi connectivity index (χ1) is 9.04. The van der Waals surface area contributed by atoms with E-state index < -0.39 is 23.3 Å². The standard InChI is InChI=1S/C13H10BrF2NO2/c1-19-10-4-2-3-9(17-10)13(18)11-8(15)6-5-7(14)12(11)16/h2-6,13,18H,1H3. The lowest BCUT2D eigenvalue weighted by molar-refractivity contribution is 0.202. The van der Waals surface area contributed by atoms with Crippen LogP contribution in [0.4, 0.5) is 8.78 Å². The van der Waals surface area contributed by atoms with Crippen molar-refractivity contribution in [3.05, 3.63) is 57.7 Å². The fourth-order valence-corrected chi connectivity index (χ4v) is 1.98. The van der Waals surface area contributed by atoms with Gasteiger partial charge in [0.25, 0.3) is 0 Å². The number of pyridine rings is 1. The molecular weight excluding hydrogens is 320 g/mol. The summed E-state index contributed by atoms with van der Waals surface area (Å²) in [5.41, 5.74) is -0.342. The lowest BCUT2D eigenvalue weighted by Crippen LogP contribution is -2.08. The van der Waals surface area contributed by atoms with Gasteiger partial charge in [-0.3, -0.25) is 0 Å². The number of benzene rings is 1. The van der Waals surface area contributed by atoms with Gasteiger partial charge in [0.15, 0.2) is 0 Å². The van der Waals surface area contributed by atoms with Crippen LogP contribution in [0, 0.1) is 11.6 Å². The van der Waals surface area contributed by atoms with Gasteiger partial charge in [0, 0.05) is 6.07 Å². The summed E-state index contributed by atoms with van der Waals surface area (Å²) in [7, 11) is 1.42. The van der Waals surface area contributed by atoms with E-state index in [0.717, 1.165) is 6.07 Å². The molecule has 0 aliphatic rings. The van der Waals surface area contributed by atoms with Gasteiger partial charge in [0.1, 0.15) is 17.7 Å². The zero-order valence-electron chi connectivity index (χ0n) is 9.90. The predicted molar refractivity (Wildman–Crippen MR) is 68.9 cm³/mol. The van der Waals surface area contributed by atoms with Crippen LogP contribution in [0.3, 0.4) is 0 Å². The number of halogens is 3. The van der Waals surface area contributed by atoms with Crippen molar-refractivity contribution in [3.63, 3.8) is 0 Å². The van der Waals surface area contributed by atoms with Crippen LogP contribution in [-0.2, 0) is 0 Å². The van der Waals surface area contributed by atoms with Gasteiger partial charge in [-0.05, 0) is 34.1 Å². The summed E-state index contributed by atoms with van der Waals surface area (Å²) in [6.45, 7) is 0. The van der Waals surface area contributed by atoms with Crippen molar-refractivity contribution in [2.75, 3.05) is 7.11 Å². The second-order valence-corrected chi connectivity index (χ2v) is 4.62. The van der Waals surface area contributed by atoms with E-state index in [0.29, 0.717) is 0 Å². The molecule has 1 unspecified atom stereocenters. The molecule has 0 saturated carbocycles. The fraction of sp³-hybridized carbons (Fsp3) is 0.154. The van der Waals surface area contributed by atoms with Crippen molar-refractivity contribution in [3.8, 4) is 5.88 Å². The maximum absolute atomic E-state index is 13.9. The highest BCUT2D eigenvalue weighted by atomic mass is 79.9. The van der Waals surface area contributed by atoms with E-state index in [2.05, 4.69) is 20.9 Å². The average Bonchev–Trinajstić information content (AvgIpc) is 2.43. The topological polar surface area (TPSA) is 42.4 Å². The second-order valence-electron chi connectivity index (χ2n) is 3.76. The Morgan fingerprint density at radius 3 is 2.68 bits per heavy atom. The molecule has 1 N–H and O–H groups in total. The SMILES string of the molecule is COc1cccc(C(O)c2c(F)ccc(Br)c2F)n1. The van der Waals surface area contributed by atoms with Crippen LogP contribution >= 0.6 is 15.9 Å². The molecule has 0 bridgehead atoms. The van der Waals surface area contributed by atoms with Gasteiger partial charge in [-0.15, -0.1) is 0 Å². The maximum atomic E-state index is 13.9. The number of hydrogen-bond acceptors (Lipinski definition) is 3. The highest BCUT2D eigenvalue weighted by molar-refractivity contribution is 9.10. The van der Waals surface area contributed by atoms with Gasteiger partial charge in [-0.2, -0.15) is 0 Å². The van der Waals surface area contributed by atoms with Crippen molar-refractivity contribution in [1.82, 2.24) is 4.98 Å². The van der Waals surface area contributed by atoms with E-state index in [-0.39, 0.29) is 16.0 Å². The summed E-state index contributed by atoms with van der Waals surface area (Å²) >= 11 is 2.95. The minimum atomic E-state index is -1.51. The molecule has 0 aliphatic heterocycles. The van der Waals surface area contributed by atoms with Crippen LogP contribution in [-0.4, -0.2) is 17.2 Å². The number of aliphatic hydroxyl groups is 1. The van der Waals surface area contributed by atoms with Crippen LogP contribution in [0.25, 0.3) is 0 Å². The summed E-state index contributed by atoms with van der Waals surface area (Å²) in [5, 5.41) is 10.1. The molecule has 1 aromatic heterocycles. The lowest BCUT2D eigenvalue weighted by atomic mass is 10.0. The van der Waals surface area contributed by atoms with E-state index in [1.165, 1.54) is 19.2 Å². The van der Waals surface area contributed by atoms with Crippen molar-refractivity contribution in [2.45, 2.75) is 6.10 Å². The van der Waals surface area contributed by atoms with Crippen LogP contribution in [0.5, 0.6) is 5.88 Å². The summed E-state index contributed by atoms with van der Waals surface area (Å²) in [5.74, 6) is -1.43. The van der Waals surface area contributed by atoms with E-state index in [9.17, 15) is 13.9 Å². The maximum Gasteiger partial charge on any atom is 0.213 e. The summed E-state index contributed by atoms with van der Waals surface area (Å²) in [4.78, 5) is 3.96. The minimum absolute atomic E-state index is 0.0749. The smallest absolute Gasteiger partial charge is 0.213 e. The lowest BCUT2D eigenvalue weighted by Gasteiger charge is -2.14. The minimum Gasteiger partial charge on any atom is -0.481 e. The Morgan fingerprint density at radius 2 is 2.00 bits per heavy atom. The number of hydrogen-bond donors (Lipinski definition) is 1. The Balaban J connectivity index is 2.49. The number of ether oxygens (including phenoxy) is 1. The van der Waals surface area contributed by atoms with E-state index in [1.54, 1.807) is 12.1 Å². The van der Waals surface area contributed by atoms with E-state index in [4.69, 9.17) is 4.74 Å². The van der Waals surface area contributed by atoms with Crippen LogP contribution < -0.4 is 4.74 Å². The molecule has 3 nitrogen and oxygen atoms in total. The van der Waals surface area contributed by atoms with Crippen LogP contribution in [0.15, 0.2) is 34.8 Å². The Bertz CT molecular complexity index is 607. The number of aromatic nitrogens is 1. The van der Waals surface area contributed by atoms with Crippen LogP contribution in [0.2, 0.25) is 0 Å². The fourth-order valence-electron chi connectivity index (χ4n) is 1.64. The highest BCUT2D eigenvalue weighted by Crippen LogP contribution is 2.30. The summed E-state index contributed by atoms with van der Waals surface area (Å²) in [6, 6.07) is 6.93. The number of methoxy groups -OCH3 is 1. The molecule has 0 radical (unpaired) electrons. The van der Waals surface area contributed by atoms with E-state index >= 15 is 0 Å². The number of aliphatic hydroxyl groups excluding tert-OH is 1. The van der Waals surface area contributed by atoms with Crippen molar-refractivity contribution in [2.24, 2.45) is 0 Å². The second kappa shape index (κ2) is 5.63. The molecule has 0 amide bonds. The van der Waals surface area contributed by atoms with Gasteiger partial charge in [0.2, 0.25) is 5.88 Å². The summed E-state index contributed by atoms with van der Waals surface area (Å²) in [6.07, 6.45) is -1.51. The normalized spacial score (nSPS) is 12.3. The monoisotopic (exact) mass is 329 g/mol. The molecule has 0 saturated heterocycles.